The van der Waals surface area contributed by atoms with Gasteiger partial charge in [-0.15, -0.1) is 4.80 Å². The van der Waals surface area contributed by atoms with E-state index in [0.717, 1.165) is 22.8 Å². The summed E-state index contributed by atoms with van der Waals surface area (Å²) in [6.07, 6.45) is 1.14. The van der Waals surface area contributed by atoms with Gasteiger partial charge in [0.25, 0.3) is 5.56 Å². The second kappa shape index (κ2) is 5.67. The number of alkyl halides is 1. The zero-order valence-electron chi connectivity index (χ0n) is 12.6. The number of aryl methyl sites for hydroxylation is 1. The monoisotopic (exact) mass is 353 g/mol. The topological polar surface area (TPSA) is 112 Å². The molecule has 3 heterocycles. The Morgan fingerprint density at radius 1 is 1.38 bits per heavy atom. The van der Waals surface area contributed by atoms with Gasteiger partial charge in [-0.25, -0.2) is 13.8 Å². The predicted molar refractivity (Wildman–Crippen MR) is 83.5 cm³/mol. The van der Waals surface area contributed by atoms with Crippen molar-refractivity contribution in [1.82, 2.24) is 24.1 Å². The van der Waals surface area contributed by atoms with Gasteiger partial charge in [0.1, 0.15) is 16.4 Å². The van der Waals surface area contributed by atoms with E-state index in [-0.39, 0.29) is 10.2 Å². The van der Waals surface area contributed by atoms with E-state index in [0.29, 0.717) is 15.1 Å². The number of carboxylic acids is 1. The number of fused-ring (bicyclic) bond motifs is 1. The molecule has 0 fully saturated rings. The molecule has 126 valence electrons. The Hall–Kier alpha value is -2.82. The molecular formula is C13H12FN5O4S. The average molecular weight is 353 g/mol. The molecule has 0 amide bonds. The Labute approximate surface area is 137 Å². The van der Waals surface area contributed by atoms with Gasteiger partial charge < -0.3 is 5.11 Å². The fourth-order valence-electron chi connectivity index (χ4n) is 2.45. The van der Waals surface area contributed by atoms with Crippen LogP contribution >= 0.6 is 11.3 Å². The highest BCUT2D eigenvalue weighted by atomic mass is 32.1. The molecule has 0 bridgehead atoms. The van der Waals surface area contributed by atoms with Crippen molar-refractivity contribution in [3.8, 4) is 5.00 Å². The van der Waals surface area contributed by atoms with E-state index in [2.05, 4.69) is 10.2 Å². The summed E-state index contributed by atoms with van der Waals surface area (Å²) in [4.78, 5) is 37.3. The summed E-state index contributed by atoms with van der Waals surface area (Å²) in [5, 5.41) is 17.4. The molecule has 1 N–H and O–H groups in total. The smallest absolute Gasteiger partial charge is 0.335 e. The molecule has 11 heteroatoms. The molecule has 1 unspecified atom stereocenters. The van der Waals surface area contributed by atoms with Crippen LogP contribution in [0.4, 0.5) is 4.39 Å². The van der Waals surface area contributed by atoms with Crippen molar-refractivity contribution in [2.45, 2.75) is 26.7 Å². The van der Waals surface area contributed by atoms with Crippen molar-refractivity contribution in [3.63, 3.8) is 0 Å². The molecule has 0 radical (unpaired) electrons. The molecule has 9 nitrogen and oxygen atoms in total. The molecule has 3 aromatic rings. The summed E-state index contributed by atoms with van der Waals surface area (Å²) in [6.45, 7) is 1.91. The fraction of sp³-hybridized carbons (Fsp3) is 0.308. The second-order valence-corrected chi connectivity index (χ2v) is 6.02. The molecule has 3 rings (SSSR count). The molecule has 0 aliphatic rings. The van der Waals surface area contributed by atoms with Gasteiger partial charge in [0.2, 0.25) is 0 Å². The number of thiophene rings is 1. The molecule has 3 aromatic heterocycles. The normalized spacial score (nSPS) is 12.6. The van der Waals surface area contributed by atoms with Crippen LogP contribution < -0.4 is 11.2 Å². The highest BCUT2D eigenvalue weighted by Gasteiger charge is 2.24. The van der Waals surface area contributed by atoms with Crippen molar-refractivity contribution in [2.24, 2.45) is 0 Å². The van der Waals surface area contributed by atoms with E-state index >= 15 is 0 Å². The second-order valence-electron chi connectivity index (χ2n) is 5.04. The Balaban J connectivity index is 2.47. The summed E-state index contributed by atoms with van der Waals surface area (Å²) < 4.78 is 15.3. The predicted octanol–water partition coefficient (Wildman–Crippen LogP) is 0.686. The zero-order valence-corrected chi connectivity index (χ0v) is 13.4. The standard InChI is InChI=1S/C13H12FN5O4S/c1-6-9-10(22)17(5-8(20)21)13(23)18(7(2)14)12(9)24-11(6)19-15-3-4-16-19/h3-4,7H,5H2,1-2H3,(H,20,21). The third-order valence-corrected chi connectivity index (χ3v) is 4.72. The van der Waals surface area contributed by atoms with Crippen molar-refractivity contribution in [1.29, 1.82) is 0 Å². The first kappa shape index (κ1) is 16.1. The highest BCUT2D eigenvalue weighted by molar-refractivity contribution is 7.21. The van der Waals surface area contributed by atoms with Gasteiger partial charge in [-0.05, 0) is 13.8 Å². The van der Waals surface area contributed by atoms with E-state index in [9.17, 15) is 18.8 Å². The van der Waals surface area contributed by atoms with Gasteiger partial charge >= 0.3 is 11.7 Å². The van der Waals surface area contributed by atoms with Crippen molar-refractivity contribution in [3.05, 3.63) is 38.8 Å². The zero-order chi connectivity index (χ0) is 17.6. The Morgan fingerprint density at radius 2 is 2.00 bits per heavy atom. The summed E-state index contributed by atoms with van der Waals surface area (Å²) in [5.41, 5.74) is -1.34. The summed E-state index contributed by atoms with van der Waals surface area (Å²) in [6, 6.07) is 0. The average Bonchev–Trinajstić information content (AvgIpc) is 3.11. The van der Waals surface area contributed by atoms with E-state index in [1.165, 1.54) is 17.2 Å². The van der Waals surface area contributed by atoms with Gasteiger partial charge in [0.05, 0.1) is 17.8 Å². The lowest BCUT2D eigenvalue weighted by molar-refractivity contribution is -0.137. The van der Waals surface area contributed by atoms with E-state index in [1.807, 2.05) is 0 Å². The highest BCUT2D eigenvalue weighted by Crippen LogP contribution is 2.31. The number of rotatable bonds is 4. The number of halogens is 1. The molecular weight excluding hydrogens is 341 g/mol. The number of nitrogens with zero attached hydrogens (tertiary/aromatic N) is 5. The minimum Gasteiger partial charge on any atom is -0.480 e. The minimum atomic E-state index is -1.74. The molecule has 0 aromatic carbocycles. The van der Waals surface area contributed by atoms with E-state index in [1.54, 1.807) is 6.92 Å². The van der Waals surface area contributed by atoms with E-state index in [4.69, 9.17) is 5.11 Å². The molecule has 0 aliphatic heterocycles. The molecule has 24 heavy (non-hydrogen) atoms. The third-order valence-electron chi connectivity index (χ3n) is 3.47. The van der Waals surface area contributed by atoms with Crippen LogP contribution in [0.25, 0.3) is 15.2 Å². The Kier molecular flexibility index (Phi) is 3.79. The fourth-order valence-corrected chi connectivity index (χ4v) is 3.72. The molecule has 0 spiro atoms. The van der Waals surface area contributed by atoms with Gasteiger partial charge in [-0.3, -0.25) is 14.2 Å². The van der Waals surface area contributed by atoms with Crippen molar-refractivity contribution < 1.29 is 14.3 Å². The van der Waals surface area contributed by atoms with Gasteiger partial charge in [0, 0.05) is 5.56 Å². The lowest BCUT2D eigenvalue weighted by Gasteiger charge is -2.11. The molecule has 0 saturated carbocycles. The van der Waals surface area contributed by atoms with Crippen LogP contribution in [0, 0.1) is 6.92 Å². The number of hydrogen-bond acceptors (Lipinski definition) is 6. The number of hydrogen-bond donors (Lipinski definition) is 1. The number of aromatic nitrogens is 5. The number of carboxylic acid groups (broad SMARTS) is 1. The van der Waals surface area contributed by atoms with Gasteiger partial charge in [-0.1, -0.05) is 11.3 Å². The van der Waals surface area contributed by atoms with Crippen LogP contribution in [-0.2, 0) is 11.3 Å². The maximum absolute atomic E-state index is 14.0. The largest absolute Gasteiger partial charge is 0.480 e. The van der Waals surface area contributed by atoms with Crippen LogP contribution in [0.5, 0.6) is 0 Å². The summed E-state index contributed by atoms with van der Waals surface area (Å²) in [7, 11) is 0. The Morgan fingerprint density at radius 3 is 2.54 bits per heavy atom. The molecule has 0 saturated heterocycles. The molecule has 1 atom stereocenters. The van der Waals surface area contributed by atoms with Crippen molar-refractivity contribution >= 4 is 27.5 Å². The van der Waals surface area contributed by atoms with Crippen LogP contribution in [-0.4, -0.2) is 35.2 Å². The first-order chi connectivity index (χ1) is 11.3. The van der Waals surface area contributed by atoms with Gasteiger partial charge in [0.15, 0.2) is 6.30 Å². The lowest BCUT2D eigenvalue weighted by Crippen LogP contribution is -2.41. The number of aliphatic carboxylic acids is 1. The minimum absolute atomic E-state index is 0.0812. The quantitative estimate of drug-likeness (QED) is 0.738. The van der Waals surface area contributed by atoms with Crippen LogP contribution in [0.15, 0.2) is 22.0 Å². The lowest BCUT2D eigenvalue weighted by atomic mass is 10.2. The first-order valence-corrected chi connectivity index (χ1v) is 7.65. The van der Waals surface area contributed by atoms with Crippen LogP contribution in [0.3, 0.4) is 0 Å². The summed E-state index contributed by atoms with van der Waals surface area (Å²) in [5.74, 6) is -1.37. The van der Waals surface area contributed by atoms with E-state index < -0.39 is 30.1 Å². The third kappa shape index (κ3) is 2.33. The first-order valence-electron chi connectivity index (χ1n) is 6.84. The summed E-state index contributed by atoms with van der Waals surface area (Å²) >= 11 is 0.993. The maximum Gasteiger partial charge on any atom is 0.335 e. The SMILES string of the molecule is Cc1c(-n2nccn2)sc2c1c(=O)n(CC(=O)O)c(=O)n2C(C)F. The van der Waals surface area contributed by atoms with Crippen LogP contribution in [0.1, 0.15) is 18.8 Å². The number of carbonyl (C=O) groups is 1. The maximum atomic E-state index is 14.0. The van der Waals surface area contributed by atoms with Gasteiger partial charge in [-0.2, -0.15) is 10.2 Å². The van der Waals surface area contributed by atoms with Crippen molar-refractivity contribution in [2.75, 3.05) is 0 Å². The van der Waals surface area contributed by atoms with Crippen LogP contribution in [0.2, 0.25) is 0 Å². The molecule has 0 aliphatic carbocycles. The Bertz CT molecular complexity index is 1050.